The van der Waals surface area contributed by atoms with E-state index in [9.17, 15) is 0 Å². The number of anilines is 1. The van der Waals surface area contributed by atoms with E-state index in [4.69, 9.17) is 5.26 Å². The summed E-state index contributed by atoms with van der Waals surface area (Å²) in [6.45, 7) is 6.14. The van der Waals surface area contributed by atoms with Gasteiger partial charge in [-0.2, -0.15) is 5.26 Å². The molecular weight excluding hydrogens is 200 g/mol. The molecule has 2 rings (SSSR count). The molecule has 0 aromatic carbocycles. The molecule has 4 heteroatoms. The van der Waals surface area contributed by atoms with E-state index in [1.807, 2.05) is 6.92 Å². The van der Waals surface area contributed by atoms with Gasteiger partial charge in [-0.15, -0.1) is 0 Å². The quantitative estimate of drug-likeness (QED) is 0.757. The van der Waals surface area contributed by atoms with Crippen molar-refractivity contribution >= 4 is 5.95 Å². The molecule has 1 fully saturated rings. The summed E-state index contributed by atoms with van der Waals surface area (Å²) in [7, 11) is 0. The van der Waals surface area contributed by atoms with E-state index in [0.29, 0.717) is 11.6 Å². The third-order valence-corrected chi connectivity index (χ3v) is 3.10. The van der Waals surface area contributed by atoms with Gasteiger partial charge in [0.25, 0.3) is 0 Å². The normalized spacial score (nSPS) is 19.8. The van der Waals surface area contributed by atoms with Crippen LogP contribution in [0.3, 0.4) is 0 Å². The minimum Gasteiger partial charge on any atom is -0.340 e. The van der Waals surface area contributed by atoms with Crippen molar-refractivity contribution in [3.05, 3.63) is 17.5 Å². The molecule has 1 saturated heterocycles. The molecule has 2 heterocycles. The molecule has 1 aromatic heterocycles. The van der Waals surface area contributed by atoms with Gasteiger partial charge in [0.2, 0.25) is 5.95 Å². The van der Waals surface area contributed by atoms with Crippen molar-refractivity contribution in [2.24, 2.45) is 5.92 Å². The van der Waals surface area contributed by atoms with Crippen molar-refractivity contribution in [2.75, 3.05) is 18.0 Å². The number of nitrogens with zero attached hydrogens (tertiary/aromatic N) is 4. The molecule has 0 spiro atoms. The van der Waals surface area contributed by atoms with Gasteiger partial charge in [-0.3, -0.25) is 0 Å². The Morgan fingerprint density at radius 1 is 1.56 bits per heavy atom. The van der Waals surface area contributed by atoms with E-state index >= 15 is 0 Å². The van der Waals surface area contributed by atoms with Crippen molar-refractivity contribution in [3.63, 3.8) is 0 Å². The number of aryl methyl sites for hydroxylation is 1. The molecule has 1 unspecified atom stereocenters. The second kappa shape index (κ2) is 4.48. The molecule has 0 amide bonds. The van der Waals surface area contributed by atoms with E-state index in [1.165, 1.54) is 12.8 Å². The van der Waals surface area contributed by atoms with Crippen LogP contribution in [-0.4, -0.2) is 23.1 Å². The van der Waals surface area contributed by atoms with Gasteiger partial charge in [0.15, 0.2) is 0 Å². The molecule has 16 heavy (non-hydrogen) atoms. The molecule has 0 aliphatic carbocycles. The highest BCUT2D eigenvalue weighted by Crippen LogP contribution is 2.23. The fourth-order valence-corrected chi connectivity index (χ4v) is 2.10. The Balaban J connectivity index is 2.21. The Hall–Kier alpha value is -1.63. The van der Waals surface area contributed by atoms with Crippen LogP contribution in [0.15, 0.2) is 6.07 Å². The Bertz CT molecular complexity index is 422. The highest BCUT2D eigenvalue weighted by molar-refractivity contribution is 5.37. The highest BCUT2D eigenvalue weighted by atomic mass is 15.3. The van der Waals surface area contributed by atoms with E-state index in [2.05, 4.69) is 27.9 Å². The average Bonchev–Trinajstić information content (AvgIpc) is 2.76. The zero-order valence-electron chi connectivity index (χ0n) is 9.77. The first-order valence-electron chi connectivity index (χ1n) is 5.73. The molecule has 1 aromatic rings. The first kappa shape index (κ1) is 10.9. The predicted octanol–water partition coefficient (Wildman–Crippen LogP) is 1.89. The van der Waals surface area contributed by atoms with Gasteiger partial charge in [0, 0.05) is 18.8 Å². The van der Waals surface area contributed by atoms with Gasteiger partial charge in [-0.05, 0) is 25.3 Å². The van der Waals surface area contributed by atoms with Crippen LogP contribution >= 0.6 is 0 Å². The topological polar surface area (TPSA) is 52.8 Å². The summed E-state index contributed by atoms with van der Waals surface area (Å²) in [6.07, 6.45) is 2.41. The van der Waals surface area contributed by atoms with Crippen molar-refractivity contribution in [1.82, 2.24) is 9.97 Å². The van der Waals surface area contributed by atoms with E-state index in [1.54, 1.807) is 6.07 Å². The maximum Gasteiger partial charge on any atom is 0.226 e. The standard InChI is InChI=1S/C12H16N4/c1-3-10-4-5-16(8-10)12-14-9(2)6-11(7-13)15-12/h6,10H,3-5,8H2,1-2H3. The molecule has 0 bridgehead atoms. The number of hydrogen-bond donors (Lipinski definition) is 0. The van der Waals surface area contributed by atoms with Crippen LogP contribution in [-0.2, 0) is 0 Å². The molecule has 0 radical (unpaired) electrons. The van der Waals surface area contributed by atoms with Crippen LogP contribution < -0.4 is 4.90 Å². The second-order valence-corrected chi connectivity index (χ2v) is 4.32. The lowest BCUT2D eigenvalue weighted by Gasteiger charge is -2.16. The van der Waals surface area contributed by atoms with Gasteiger partial charge >= 0.3 is 0 Å². The third-order valence-electron chi connectivity index (χ3n) is 3.10. The van der Waals surface area contributed by atoms with Crippen molar-refractivity contribution in [3.8, 4) is 6.07 Å². The highest BCUT2D eigenvalue weighted by Gasteiger charge is 2.23. The SMILES string of the molecule is CCC1CCN(c2nc(C)cc(C#N)n2)C1. The minimum atomic E-state index is 0.461. The molecule has 1 atom stereocenters. The number of rotatable bonds is 2. The van der Waals surface area contributed by atoms with Crippen molar-refractivity contribution in [2.45, 2.75) is 26.7 Å². The summed E-state index contributed by atoms with van der Waals surface area (Å²) in [5, 5.41) is 8.87. The fourth-order valence-electron chi connectivity index (χ4n) is 2.10. The van der Waals surface area contributed by atoms with Crippen molar-refractivity contribution in [1.29, 1.82) is 5.26 Å². The second-order valence-electron chi connectivity index (χ2n) is 4.32. The fraction of sp³-hybridized carbons (Fsp3) is 0.583. The first-order valence-corrected chi connectivity index (χ1v) is 5.73. The average molecular weight is 216 g/mol. The minimum absolute atomic E-state index is 0.461. The van der Waals surface area contributed by atoms with Crippen LogP contribution in [0.5, 0.6) is 0 Å². The Morgan fingerprint density at radius 2 is 2.38 bits per heavy atom. The maximum absolute atomic E-state index is 8.87. The smallest absolute Gasteiger partial charge is 0.226 e. The largest absolute Gasteiger partial charge is 0.340 e. The maximum atomic E-state index is 8.87. The van der Waals surface area contributed by atoms with Crippen LogP contribution in [0.4, 0.5) is 5.95 Å². The zero-order valence-corrected chi connectivity index (χ0v) is 9.77. The molecule has 1 aliphatic rings. The summed E-state index contributed by atoms with van der Waals surface area (Å²) < 4.78 is 0. The molecule has 0 saturated carbocycles. The molecule has 84 valence electrons. The molecule has 4 nitrogen and oxygen atoms in total. The van der Waals surface area contributed by atoms with E-state index in [0.717, 1.165) is 24.7 Å². The van der Waals surface area contributed by atoms with Gasteiger partial charge in [-0.1, -0.05) is 13.3 Å². The molecule has 0 N–H and O–H groups in total. The number of hydrogen-bond acceptors (Lipinski definition) is 4. The Kier molecular flexibility index (Phi) is 3.04. The van der Waals surface area contributed by atoms with Gasteiger partial charge in [0.05, 0.1) is 0 Å². The van der Waals surface area contributed by atoms with Crippen LogP contribution in [0.25, 0.3) is 0 Å². The zero-order chi connectivity index (χ0) is 11.5. The van der Waals surface area contributed by atoms with E-state index < -0.39 is 0 Å². The summed E-state index contributed by atoms with van der Waals surface area (Å²) in [5.41, 5.74) is 1.32. The third kappa shape index (κ3) is 2.13. The molecule has 1 aliphatic heterocycles. The van der Waals surface area contributed by atoms with Crippen LogP contribution in [0, 0.1) is 24.2 Å². The van der Waals surface area contributed by atoms with Crippen molar-refractivity contribution < 1.29 is 0 Å². The number of nitriles is 1. The van der Waals surface area contributed by atoms with Crippen LogP contribution in [0.1, 0.15) is 31.2 Å². The van der Waals surface area contributed by atoms with Gasteiger partial charge < -0.3 is 4.90 Å². The van der Waals surface area contributed by atoms with Gasteiger partial charge in [0.1, 0.15) is 11.8 Å². The monoisotopic (exact) mass is 216 g/mol. The molecular formula is C12H16N4. The van der Waals surface area contributed by atoms with E-state index in [-0.39, 0.29) is 0 Å². The lowest BCUT2D eigenvalue weighted by atomic mass is 10.1. The predicted molar refractivity (Wildman–Crippen MR) is 62.1 cm³/mol. The lowest BCUT2D eigenvalue weighted by molar-refractivity contribution is 0.568. The number of aromatic nitrogens is 2. The van der Waals surface area contributed by atoms with Crippen LogP contribution in [0.2, 0.25) is 0 Å². The van der Waals surface area contributed by atoms with Gasteiger partial charge in [-0.25, -0.2) is 9.97 Å². The summed E-state index contributed by atoms with van der Waals surface area (Å²) in [4.78, 5) is 10.8. The lowest BCUT2D eigenvalue weighted by Crippen LogP contribution is -2.22. The summed E-state index contributed by atoms with van der Waals surface area (Å²) in [6, 6.07) is 3.80. The Morgan fingerprint density at radius 3 is 3.00 bits per heavy atom. The first-order chi connectivity index (χ1) is 7.72. The Labute approximate surface area is 95.9 Å². The summed E-state index contributed by atoms with van der Waals surface area (Å²) >= 11 is 0. The summed E-state index contributed by atoms with van der Waals surface area (Å²) in [5.74, 6) is 1.46.